The van der Waals surface area contributed by atoms with Crippen molar-refractivity contribution in [2.75, 3.05) is 53.0 Å². The number of morpholine rings is 1. The summed E-state index contributed by atoms with van der Waals surface area (Å²) in [6.45, 7) is 6.47. The van der Waals surface area contributed by atoms with Crippen LogP contribution in [0.15, 0.2) is 24.3 Å². The minimum Gasteiger partial charge on any atom is -0.469 e. The fourth-order valence-electron chi connectivity index (χ4n) is 2.77. The van der Waals surface area contributed by atoms with Crippen LogP contribution in [0.2, 0.25) is 5.02 Å². The molecule has 1 aliphatic rings. The van der Waals surface area contributed by atoms with E-state index in [1.165, 1.54) is 7.11 Å². The molecule has 1 saturated heterocycles. The van der Waals surface area contributed by atoms with Gasteiger partial charge in [-0.25, -0.2) is 0 Å². The Morgan fingerprint density at radius 3 is 2.72 bits per heavy atom. The van der Waals surface area contributed by atoms with Gasteiger partial charge in [0.15, 0.2) is 0 Å². The average molecular weight is 369 g/mol. The third kappa shape index (κ3) is 5.99. The van der Waals surface area contributed by atoms with E-state index in [9.17, 15) is 9.59 Å². The quantitative estimate of drug-likeness (QED) is 0.688. The first-order valence-electron chi connectivity index (χ1n) is 8.44. The van der Waals surface area contributed by atoms with Gasteiger partial charge in [-0.2, -0.15) is 0 Å². The maximum atomic E-state index is 12.9. The van der Waals surface area contributed by atoms with Crippen LogP contribution in [-0.2, 0) is 14.3 Å². The van der Waals surface area contributed by atoms with Crippen molar-refractivity contribution < 1.29 is 19.1 Å². The number of nitrogens with zero attached hydrogens (tertiary/aromatic N) is 2. The zero-order valence-corrected chi connectivity index (χ0v) is 15.5. The van der Waals surface area contributed by atoms with Crippen molar-refractivity contribution in [3.8, 4) is 0 Å². The molecule has 1 aromatic carbocycles. The molecule has 0 bridgehead atoms. The maximum absolute atomic E-state index is 12.9. The van der Waals surface area contributed by atoms with Crippen LogP contribution in [0, 0.1) is 5.92 Å². The molecule has 1 unspecified atom stereocenters. The van der Waals surface area contributed by atoms with Gasteiger partial charge in [-0.05, 0) is 18.2 Å². The highest BCUT2D eigenvalue weighted by Gasteiger charge is 2.23. The standard InChI is InChI=1S/C18H25ClN2O4/c1-14(18(23)24-2)13-21(7-6-20-8-10-25-11-9-20)17(22)15-4-3-5-16(19)12-15/h3-5,12,14H,6-11,13H2,1-2H3. The van der Waals surface area contributed by atoms with Crippen LogP contribution >= 0.6 is 11.6 Å². The lowest BCUT2D eigenvalue weighted by molar-refractivity contribution is -0.145. The summed E-state index contributed by atoms with van der Waals surface area (Å²) < 4.78 is 10.1. The summed E-state index contributed by atoms with van der Waals surface area (Å²) in [5.41, 5.74) is 0.520. The zero-order chi connectivity index (χ0) is 18.2. The summed E-state index contributed by atoms with van der Waals surface area (Å²) in [5, 5.41) is 0.514. The Morgan fingerprint density at radius 2 is 2.08 bits per heavy atom. The van der Waals surface area contributed by atoms with E-state index in [-0.39, 0.29) is 11.9 Å². The van der Waals surface area contributed by atoms with Gasteiger partial charge in [0.2, 0.25) is 0 Å². The number of halogens is 1. The van der Waals surface area contributed by atoms with Crippen LogP contribution in [0.3, 0.4) is 0 Å². The number of carbonyl (C=O) groups is 2. The molecule has 6 nitrogen and oxygen atoms in total. The molecular formula is C18H25ClN2O4. The minimum atomic E-state index is -0.391. The van der Waals surface area contributed by atoms with Crippen molar-refractivity contribution >= 4 is 23.5 Å². The van der Waals surface area contributed by atoms with Crippen LogP contribution in [0.5, 0.6) is 0 Å². The third-order valence-corrected chi connectivity index (χ3v) is 4.48. The van der Waals surface area contributed by atoms with E-state index >= 15 is 0 Å². The van der Waals surface area contributed by atoms with Gasteiger partial charge >= 0.3 is 5.97 Å². The van der Waals surface area contributed by atoms with Crippen molar-refractivity contribution in [3.05, 3.63) is 34.9 Å². The molecule has 1 heterocycles. The van der Waals surface area contributed by atoms with Crippen molar-refractivity contribution in [1.29, 1.82) is 0 Å². The van der Waals surface area contributed by atoms with Gasteiger partial charge in [0.05, 0.1) is 26.2 Å². The predicted octanol–water partition coefficient (Wildman–Crippen LogP) is 1.92. The topological polar surface area (TPSA) is 59.1 Å². The molecule has 1 amide bonds. The lowest BCUT2D eigenvalue weighted by Gasteiger charge is -2.31. The number of methoxy groups -OCH3 is 1. The number of rotatable bonds is 7. The summed E-state index contributed by atoms with van der Waals surface area (Å²) in [6, 6.07) is 6.86. The van der Waals surface area contributed by atoms with E-state index in [1.807, 2.05) is 0 Å². The highest BCUT2D eigenvalue weighted by Crippen LogP contribution is 2.14. The van der Waals surface area contributed by atoms with Gasteiger partial charge in [-0.1, -0.05) is 24.6 Å². The van der Waals surface area contributed by atoms with Gasteiger partial charge in [-0.3, -0.25) is 14.5 Å². The van der Waals surface area contributed by atoms with E-state index in [2.05, 4.69) is 4.90 Å². The second-order valence-corrected chi connectivity index (χ2v) is 6.58. The molecule has 0 spiro atoms. The molecule has 25 heavy (non-hydrogen) atoms. The highest BCUT2D eigenvalue weighted by molar-refractivity contribution is 6.30. The Labute approximate surface area is 153 Å². The lowest BCUT2D eigenvalue weighted by atomic mass is 10.1. The molecule has 0 saturated carbocycles. The van der Waals surface area contributed by atoms with Crippen molar-refractivity contribution in [2.45, 2.75) is 6.92 Å². The first-order chi connectivity index (χ1) is 12.0. The SMILES string of the molecule is COC(=O)C(C)CN(CCN1CCOCC1)C(=O)c1cccc(Cl)c1. The average Bonchev–Trinajstić information content (AvgIpc) is 2.64. The summed E-state index contributed by atoms with van der Waals surface area (Å²) in [4.78, 5) is 28.6. The molecule has 0 radical (unpaired) electrons. The van der Waals surface area contributed by atoms with E-state index in [1.54, 1.807) is 36.1 Å². The Kier molecular flexibility index (Phi) is 7.68. The van der Waals surface area contributed by atoms with Gasteiger partial charge in [0.1, 0.15) is 0 Å². The molecule has 1 atom stereocenters. The monoisotopic (exact) mass is 368 g/mol. The number of hydrogen-bond donors (Lipinski definition) is 0. The molecule has 0 aromatic heterocycles. The number of esters is 1. The molecule has 1 aliphatic heterocycles. The van der Waals surface area contributed by atoms with Crippen molar-refractivity contribution in [2.24, 2.45) is 5.92 Å². The van der Waals surface area contributed by atoms with E-state index in [4.69, 9.17) is 21.1 Å². The number of benzene rings is 1. The largest absolute Gasteiger partial charge is 0.469 e. The summed E-state index contributed by atoms with van der Waals surface area (Å²) in [5.74, 6) is -0.848. The summed E-state index contributed by atoms with van der Waals surface area (Å²) >= 11 is 6.00. The fourth-order valence-corrected chi connectivity index (χ4v) is 2.96. The molecule has 1 fully saturated rings. The number of hydrogen-bond acceptors (Lipinski definition) is 5. The zero-order valence-electron chi connectivity index (χ0n) is 14.7. The van der Waals surface area contributed by atoms with Crippen LogP contribution in [-0.4, -0.2) is 74.7 Å². The van der Waals surface area contributed by atoms with Crippen molar-refractivity contribution in [3.63, 3.8) is 0 Å². The van der Waals surface area contributed by atoms with Crippen LogP contribution in [0.25, 0.3) is 0 Å². The predicted molar refractivity (Wildman–Crippen MR) is 95.8 cm³/mol. The Morgan fingerprint density at radius 1 is 1.36 bits per heavy atom. The van der Waals surface area contributed by atoms with Crippen LogP contribution in [0.1, 0.15) is 17.3 Å². The minimum absolute atomic E-state index is 0.133. The first kappa shape index (κ1) is 19.7. The Hall–Kier alpha value is -1.63. The molecule has 138 valence electrons. The molecule has 1 aromatic rings. The Bertz CT molecular complexity index is 590. The number of amides is 1. The van der Waals surface area contributed by atoms with Gasteiger partial charge in [0.25, 0.3) is 5.91 Å². The van der Waals surface area contributed by atoms with E-state index in [0.29, 0.717) is 36.9 Å². The first-order valence-corrected chi connectivity index (χ1v) is 8.82. The van der Waals surface area contributed by atoms with Crippen molar-refractivity contribution in [1.82, 2.24) is 9.80 Å². The maximum Gasteiger partial charge on any atom is 0.310 e. The molecular weight excluding hydrogens is 344 g/mol. The van der Waals surface area contributed by atoms with Crippen LogP contribution in [0.4, 0.5) is 0 Å². The molecule has 0 aliphatic carbocycles. The van der Waals surface area contributed by atoms with Gasteiger partial charge in [-0.15, -0.1) is 0 Å². The van der Waals surface area contributed by atoms with Gasteiger partial charge < -0.3 is 14.4 Å². The fraction of sp³-hybridized carbons (Fsp3) is 0.556. The summed E-state index contributed by atoms with van der Waals surface area (Å²) in [6.07, 6.45) is 0. The van der Waals surface area contributed by atoms with E-state index < -0.39 is 5.92 Å². The number of carbonyl (C=O) groups excluding carboxylic acids is 2. The highest BCUT2D eigenvalue weighted by atomic mass is 35.5. The smallest absolute Gasteiger partial charge is 0.310 e. The molecule has 2 rings (SSSR count). The normalized spacial score (nSPS) is 16.3. The number of ether oxygens (including phenoxy) is 2. The second kappa shape index (κ2) is 9.75. The summed E-state index contributed by atoms with van der Waals surface area (Å²) in [7, 11) is 1.36. The third-order valence-electron chi connectivity index (χ3n) is 4.25. The molecule has 7 heteroatoms. The second-order valence-electron chi connectivity index (χ2n) is 6.14. The molecule has 0 N–H and O–H groups in total. The van der Waals surface area contributed by atoms with Crippen LogP contribution < -0.4 is 0 Å². The van der Waals surface area contributed by atoms with E-state index in [0.717, 1.165) is 19.6 Å². The van der Waals surface area contributed by atoms with Gasteiger partial charge in [0, 0.05) is 43.3 Å². The lowest BCUT2D eigenvalue weighted by Crippen LogP contribution is -2.45. The Balaban J connectivity index is 2.06.